The summed E-state index contributed by atoms with van der Waals surface area (Å²) in [7, 11) is 2.19. The van der Waals surface area contributed by atoms with Crippen LogP contribution in [0.4, 0.5) is 0 Å². The molecule has 0 saturated carbocycles. The van der Waals surface area contributed by atoms with Gasteiger partial charge in [0.1, 0.15) is 0 Å². The minimum atomic E-state index is 0.404. The second-order valence-electron chi connectivity index (χ2n) is 6.03. The van der Waals surface area contributed by atoms with Crippen LogP contribution in [-0.4, -0.2) is 55.3 Å². The molecule has 1 aromatic heterocycles. The lowest BCUT2D eigenvalue weighted by atomic mass is 10.1. The fraction of sp³-hybridized carbons (Fsp3) is 0.706. The summed E-state index contributed by atoms with van der Waals surface area (Å²) in [6.45, 7) is 6.41. The normalized spacial score (nSPS) is 22.0. The summed E-state index contributed by atoms with van der Waals surface area (Å²) in [5, 5.41) is 3.45. The highest BCUT2D eigenvalue weighted by Crippen LogP contribution is 2.19. The zero-order valence-electron chi connectivity index (χ0n) is 13.4. The first-order valence-corrected chi connectivity index (χ1v) is 8.21. The highest BCUT2D eigenvalue weighted by atomic mass is 16.5. The highest BCUT2D eigenvalue weighted by Gasteiger charge is 2.25. The number of pyridine rings is 1. The molecule has 118 valence electrons. The minimum absolute atomic E-state index is 0.404. The number of nitrogens with one attached hydrogen (secondary N) is 1. The van der Waals surface area contributed by atoms with Crippen LogP contribution in [-0.2, 0) is 11.2 Å². The average Bonchev–Trinajstić information content (AvgIpc) is 2.94. The Balaban J connectivity index is 1.61. The van der Waals surface area contributed by atoms with Crippen molar-refractivity contribution in [3.05, 3.63) is 30.1 Å². The molecule has 2 heterocycles. The zero-order valence-corrected chi connectivity index (χ0v) is 13.4. The monoisotopic (exact) mass is 291 g/mol. The molecule has 0 aromatic carbocycles. The lowest BCUT2D eigenvalue weighted by Gasteiger charge is -2.21. The van der Waals surface area contributed by atoms with E-state index in [0.29, 0.717) is 12.2 Å². The van der Waals surface area contributed by atoms with Gasteiger partial charge in [-0.1, -0.05) is 6.92 Å². The number of nitrogens with zero attached hydrogens (tertiary/aromatic N) is 2. The van der Waals surface area contributed by atoms with Gasteiger partial charge in [-0.15, -0.1) is 0 Å². The molecule has 1 fully saturated rings. The van der Waals surface area contributed by atoms with Crippen molar-refractivity contribution in [1.82, 2.24) is 15.2 Å². The van der Waals surface area contributed by atoms with Crippen LogP contribution in [0.3, 0.4) is 0 Å². The van der Waals surface area contributed by atoms with Crippen molar-refractivity contribution >= 4 is 0 Å². The Labute approximate surface area is 128 Å². The van der Waals surface area contributed by atoms with Crippen LogP contribution >= 0.6 is 0 Å². The minimum Gasteiger partial charge on any atom is -0.372 e. The summed E-state index contributed by atoms with van der Waals surface area (Å²) in [6.07, 6.45) is 9.20. The first-order valence-electron chi connectivity index (χ1n) is 8.21. The van der Waals surface area contributed by atoms with Crippen molar-refractivity contribution in [2.24, 2.45) is 0 Å². The Morgan fingerprint density at radius 1 is 1.29 bits per heavy atom. The van der Waals surface area contributed by atoms with Crippen LogP contribution in [0, 0.1) is 0 Å². The molecule has 1 aromatic rings. The van der Waals surface area contributed by atoms with Crippen LogP contribution < -0.4 is 5.32 Å². The largest absolute Gasteiger partial charge is 0.372 e. The molecule has 0 aliphatic carbocycles. The second-order valence-corrected chi connectivity index (χ2v) is 6.03. The maximum Gasteiger partial charge on any atom is 0.0707 e. The maximum atomic E-state index is 6.12. The number of hydrogen-bond acceptors (Lipinski definition) is 4. The van der Waals surface area contributed by atoms with Gasteiger partial charge < -0.3 is 15.0 Å². The van der Waals surface area contributed by atoms with Crippen molar-refractivity contribution in [2.45, 2.75) is 44.8 Å². The van der Waals surface area contributed by atoms with Crippen LogP contribution in [0.15, 0.2) is 24.5 Å². The SMILES string of the molecule is CCCNCC1CCC(CN(C)CCc2ccncc2)O1. The Morgan fingerprint density at radius 3 is 2.81 bits per heavy atom. The number of hydrogen-bond donors (Lipinski definition) is 1. The smallest absolute Gasteiger partial charge is 0.0707 e. The van der Waals surface area contributed by atoms with Gasteiger partial charge in [-0.3, -0.25) is 4.98 Å². The van der Waals surface area contributed by atoms with E-state index in [4.69, 9.17) is 4.74 Å². The zero-order chi connectivity index (χ0) is 14.9. The van der Waals surface area contributed by atoms with E-state index in [9.17, 15) is 0 Å². The first-order chi connectivity index (χ1) is 10.3. The number of likely N-dealkylation sites (N-methyl/N-ethyl adjacent to an activating group) is 1. The molecule has 4 nitrogen and oxygen atoms in total. The van der Waals surface area contributed by atoms with Gasteiger partial charge in [-0.05, 0) is 57.0 Å². The molecule has 0 amide bonds. The van der Waals surface area contributed by atoms with E-state index < -0.39 is 0 Å². The first kappa shape index (κ1) is 16.4. The van der Waals surface area contributed by atoms with Crippen molar-refractivity contribution < 1.29 is 4.74 Å². The van der Waals surface area contributed by atoms with E-state index >= 15 is 0 Å². The summed E-state index contributed by atoms with van der Waals surface area (Å²) >= 11 is 0. The molecule has 1 aliphatic rings. The molecule has 21 heavy (non-hydrogen) atoms. The van der Waals surface area contributed by atoms with Crippen LogP contribution in [0.5, 0.6) is 0 Å². The standard InChI is InChI=1S/C17H29N3O/c1-3-9-19-13-16-4-5-17(21-16)14-20(2)12-8-15-6-10-18-11-7-15/h6-7,10-11,16-17,19H,3-5,8-9,12-14H2,1-2H3. The lowest BCUT2D eigenvalue weighted by molar-refractivity contribution is 0.0282. The van der Waals surface area contributed by atoms with Crippen molar-refractivity contribution in [1.29, 1.82) is 0 Å². The average molecular weight is 291 g/mol. The summed E-state index contributed by atoms with van der Waals surface area (Å²) < 4.78 is 6.12. The quantitative estimate of drug-likeness (QED) is 0.707. The van der Waals surface area contributed by atoms with Gasteiger partial charge in [0.2, 0.25) is 0 Å². The molecule has 1 saturated heterocycles. The molecule has 1 N–H and O–H groups in total. The molecule has 2 rings (SSSR count). The van der Waals surface area contributed by atoms with Gasteiger partial charge in [-0.25, -0.2) is 0 Å². The fourth-order valence-corrected chi connectivity index (χ4v) is 2.81. The molecule has 0 spiro atoms. The highest BCUT2D eigenvalue weighted by molar-refractivity contribution is 5.09. The molecule has 4 heteroatoms. The van der Waals surface area contributed by atoms with Crippen molar-refractivity contribution in [3.8, 4) is 0 Å². The van der Waals surface area contributed by atoms with E-state index in [1.165, 1.54) is 24.8 Å². The number of aromatic nitrogens is 1. The van der Waals surface area contributed by atoms with E-state index in [-0.39, 0.29) is 0 Å². The third-order valence-electron chi connectivity index (χ3n) is 4.04. The van der Waals surface area contributed by atoms with Gasteiger partial charge >= 0.3 is 0 Å². The van der Waals surface area contributed by atoms with Gasteiger partial charge in [0.25, 0.3) is 0 Å². The predicted octanol–water partition coefficient (Wildman–Crippen LogP) is 2.10. The molecular weight excluding hydrogens is 262 g/mol. The molecule has 1 aliphatic heterocycles. The lowest BCUT2D eigenvalue weighted by Crippen LogP contribution is -2.33. The number of rotatable bonds is 9. The molecular formula is C17H29N3O. The third-order valence-corrected chi connectivity index (χ3v) is 4.04. The Kier molecular flexibility index (Phi) is 7.13. The summed E-state index contributed by atoms with van der Waals surface area (Å²) in [5.74, 6) is 0. The van der Waals surface area contributed by atoms with Crippen LogP contribution in [0.25, 0.3) is 0 Å². The van der Waals surface area contributed by atoms with Gasteiger partial charge in [0.05, 0.1) is 12.2 Å². The van der Waals surface area contributed by atoms with E-state index in [2.05, 4.69) is 41.3 Å². The van der Waals surface area contributed by atoms with Crippen molar-refractivity contribution in [2.75, 3.05) is 33.2 Å². The topological polar surface area (TPSA) is 37.4 Å². The maximum absolute atomic E-state index is 6.12. The van der Waals surface area contributed by atoms with Crippen molar-refractivity contribution in [3.63, 3.8) is 0 Å². The fourth-order valence-electron chi connectivity index (χ4n) is 2.81. The third kappa shape index (κ3) is 6.12. The Bertz CT molecular complexity index is 385. The molecule has 2 unspecified atom stereocenters. The second kappa shape index (κ2) is 9.13. The Morgan fingerprint density at radius 2 is 2.05 bits per heavy atom. The van der Waals surface area contributed by atoms with Gasteiger partial charge in [0, 0.05) is 32.0 Å². The predicted molar refractivity (Wildman–Crippen MR) is 86.5 cm³/mol. The molecule has 2 atom stereocenters. The van der Waals surface area contributed by atoms with Crippen LogP contribution in [0.1, 0.15) is 31.7 Å². The number of ether oxygens (including phenoxy) is 1. The van der Waals surface area contributed by atoms with E-state index in [0.717, 1.165) is 32.6 Å². The van der Waals surface area contributed by atoms with E-state index in [1.807, 2.05) is 12.4 Å². The molecule has 0 radical (unpaired) electrons. The Hall–Kier alpha value is -0.970. The van der Waals surface area contributed by atoms with Gasteiger partial charge in [0.15, 0.2) is 0 Å². The summed E-state index contributed by atoms with van der Waals surface area (Å²) in [6, 6.07) is 4.19. The van der Waals surface area contributed by atoms with Crippen LogP contribution in [0.2, 0.25) is 0 Å². The summed E-state index contributed by atoms with van der Waals surface area (Å²) in [5.41, 5.74) is 1.35. The molecule has 0 bridgehead atoms. The van der Waals surface area contributed by atoms with Gasteiger partial charge in [-0.2, -0.15) is 0 Å². The summed E-state index contributed by atoms with van der Waals surface area (Å²) in [4.78, 5) is 6.44. The van der Waals surface area contributed by atoms with E-state index in [1.54, 1.807) is 0 Å².